The lowest BCUT2D eigenvalue weighted by Gasteiger charge is -2.19. The molecule has 0 bridgehead atoms. The van der Waals surface area contributed by atoms with Gasteiger partial charge in [0.25, 0.3) is 11.6 Å². The van der Waals surface area contributed by atoms with E-state index >= 15 is 0 Å². The molecule has 0 aliphatic heterocycles. The third kappa shape index (κ3) is 3.29. The van der Waals surface area contributed by atoms with Crippen LogP contribution in [0.15, 0.2) is 18.2 Å². The molecule has 1 aromatic carbocycles. The van der Waals surface area contributed by atoms with Gasteiger partial charge in [0.1, 0.15) is 5.69 Å². The second-order valence-corrected chi connectivity index (χ2v) is 4.92. The lowest BCUT2D eigenvalue weighted by Crippen LogP contribution is -2.40. The minimum absolute atomic E-state index is 0.0131. The van der Waals surface area contributed by atoms with E-state index in [1.807, 2.05) is 0 Å². The zero-order valence-electron chi connectivity index (χ0n) is 11.7. The molecule has 8 heteroatoms. The largest absolute Gasteiger partial charge is 0.379 e. The Kier molecular flexibility index (Phi) is 4.71. The summed E-state index contributed by atoms with van der Waals surface area (Å²) in [5.41, 5.74) is 2.48. The number of hydrazine groups is 1. The number of nitrogens with zero attached hydrogens (tertiary/aromatic N) is 1. The highest BCUT2D eigenvalue weighted by Crippen LogP contribution is 2.25. The summed E-state index contributed by atoms with van der Waals surface area (Å²) in [4.78, 5) is 22.5. The molecule has 21 heavy (non-hydrogen) atoms. The van der Waals surface area contributed by atoms with Crippen molar-refractivity contribution >= 4 is 17.3 Å². The van der Waals surface area contributed by atoms with Gasteiger partial charge in [-0.3, -0.25) is 20.8 Å². The second-order valence-electron chi connectivity index (χ2n) is 4.92. The number of nitrogen functional groups attached to an aromatic ring is 1. The first-order valence-corrected chi connectivity index (χ1v) is 6.65. The number of hydrogen-bond donors (Lipinski definition) is 3. The van der Waals surface area contributed by atoms with Gasteiger partial charge < -0.3 is 15.5 Å². The molecule has 1 fully saturated rings. The quantitative estimate of drug-likeness (QED) is 0.426. The summed E-state index contributed by atoms with van der Waals surface area (Å²) in [5.74, 6) is 4.96. The molecule has 1 saturated carbocycles. The Morgan fingerprint density at radius 2 is 2.24 bits per heavy atom. The fourth-order valence-electron chi connectivity index (χ4n) is 2.58. The molecule has 2 rings (SSSR count). The molecule has 0 spiro atoms. The summed E-state index contributed by atoms with van der Waals surface area (Å²) < 4.78 is 5.32. The fraction of sp³-hybridized carbons (Fsp3) is 0.462. The fourth-order valence-corrected chi connectivity index (χ4v) is 2.58. The minimum atomic E-state index is -0.561. The van der Waals surface area contributed by atoms with Crippen LogP contribution in [0.3, 0.4) is 0 Å². The molecule has 2 unspecified atom stereocenters. The molecule has 1 aliphatic rings. The highest BCUT2D eigenvalue weighted by atomic mass is 16.6. The standard InChI is InChI=1S/C13H18N4O4/c1-21-12-4-2-3-9(12)15-13(18)8-5-6-11(17(19)20)10(7-8)16-14/h5-7,9,12,16H,2-4,14H2,1H3,(H,15,18). The van der Waals surface area contributed by atoms with E-state index in [1.54, 1.807) is 7.11 Å². The van der Waals surface area contributed by atoms with E-state index in [4.69, 9.17) is 10.6 Å². The molecule has 1 aliphatic carbocycles. The van der Waals surface area contributed by atoms with Crippen LogP contribution in [0.1, 0.15) is 29.6 Å². The Hall–Kier alpha value is -2.19. The monoisotopic (exact) mass is 294 g/mol. The predicted molar refractivity (Wildman–Crippen MR) is 76.8 cm³/mol. The Morgan fingerprint density at radius 3 is 2.86 bits per heavy atom. The first-order valence-electron chi connectivity index (χ1n) is 6.65. The SMILES string of the molecule is COC1CCCC1NC(=O)c1ccc([N+](=O)[O-])c(NN)c1. The summed E-state index contributed by atoms with van der Waals surface area (Å²) in [6.07, 6.45) is 2.79. The Morgan fingerprint density at radius 1 is 1.48 bits per heavy atom. The molecule has 0 saturated heterocycles. The van der Waals surface area contributed by atoms with Crippen LogP contribution in [0, 0.1) is 10.1 Å². The Labute approximate surface area is 121 Å². The average Bonchev–Trinajstić information content (AvgIpc) is 2.93. The zero-order chi connectivity index (χ0) is 15.4. The van der Waals surface area contributed by atoms with Crippen LogP contribution in [0.2, 0.25) is 0 Å². The van der Waals surface area contributed by atoms with Gasteiger partial charge in [0.05, 0.1) is 17.1 Å². The Bertz CT molecular complexity index is 549. The van der Waals surface area contributed by atoms with Crippen LogP contribution in [0.5, 0.6) is 0 Å². The number of anilines is 1. The van der Waals surface area contributed by atoms with Crippen molar-refractivity contribution in [1.82, 2.24) is 5.32 Å². The van der Waals surface area contributed by atoms with Gasteiger partial charge in [-0.25, -0.2) is 0 Å². The summed E-state index contributed by atoms with van der Waals surface area (Å²) in [6, 6.07) is 3.99. The predicted octanol–water partition coefficient (Wildman–Crippen LogP) is 1.18. The minimum Gasteiger partial charge on any atom is -0.379 e. The third-order valence-electron chi connectivity index (χ3n) is 3.68. The smallest absolute Gasteiger partial charge is 0.293 e. The van der Waals surface area contributed by atoms with Crippen LogP contribution < -0.4 is 16.6 Å². The molecular weight excluding hydrogens is 276 g/mol. The number of nitro groups is 1. The number of nitrogens with two attached hydrogens (primary N) is 1. The third-order valence-corrected chi connectivity index (χ3v) is 3.68. The maximum atomic E-state index is 12.2. The number of carbonyl (C=O) groups is 1. The number of amides is 1. The summed E-state index contributed by atoms with van der Waals surface area (Å²) in [6.45, 7) is 0. The Balaban J connectivity index is 2.14. The van der Waals surface area contributed by atoms with Crippen LogP contribution in [-0.2, 0) is 4.74 Å². The van der Waals surface area contributed by atoms with E-state index in [0.717, 1.165) is 19.3 Å². The number of hydrogen-bond acceptors (Lipinski definition) is 6. The number of nitro benzene ring substituents is 1. The van der Waals surface area contributed by atoms with Crippen molar-refractivity contribution in [2.75, 3.05) is 12.5 Å². The lowest BCUT2D eigenvalue weighted by atomic mass is 10.1. The van der Waals surface area contributed by atoms with Crippen molar-refractivity contribution in [3.63, 3.8) is 0 Å². The maximum Gasteiger partial charge on any atom is 0.293 e. The van der Waals surface area contributed by atoms with E-state index < -0.39 is 4.92 Å². The molecule has 114 valence electrons. The van der Waals surface area contributed by atoms with E-state index in [9.17, 15) is 14.9 Å². The molecule has 0 aromatic heterocycles. The summed E-state index contributed by atoms with van der Waals surface area (Å²) in [7, 11) is 1.62. The van der Waals surface area contributed by atoms with Crippen molar-refractivity contribution in [1.29, 1.82) is 0 Å². The normalized spacial score (nSPS) is 21.0. The van der Waals surface area contributed by atoms with E-state index in [1.165, 1.54) is 18.2 Å². The molecule has 0 heterocycles. The maximum absolute atomic E-state index is 12.2. The highest BCUT2D eigenvalue weighted by Gasteiger charge is 2.29. The molecule has 0 radical (unpaired) electrons. The number of carbonyl (C=O) groups excluding carboxylic acids is 1. The van der Waals surface area contributed by atoms with Gasteiger partial charge >= 0.3 is 0 Å². The van der Waals surface area contributed by atoms with Gasteiger partial charge in [0.2, 0.25) is 0 Å². The van der Waals surface area contributed by atoms with Crippen molar-refractivity contribution in [2.24, 2.45) is 5.84 Å². The van der Waals surface area contributed by atoms with Gasteiger partial charge in [-0.15, -0.1) is 0 Å². The molecular formula is C13H18N4O4. The van der Waals surface area contributed by atoms with Gasteiger partial charge in [-0.1, -0.05) is 0 Å². The van der Waals surface area contributed by atoms with Crippen molar-refractivity contribution < 1.29 is 14.5 Å². The number of ether oxygens (including phenoxy) is 1. The summed E-state index contributed by atoms with van der Waals surface area (Å²) in [5, 5.41) is 13.7. The van der Waals surface area contributed by atoms with Crippen LogP contribution in [0.4, 0.5) is 11.4 Å². The zero-order valence-corrected chi connectivity index (χ0v) is 11.7. The van der Waals surface area contributed by atoms with Gasteiger partial charge in [0.15, 0.2) is 0 Å². The van der Waals surface area contributed by atoms with Crippen molar-refractivity contribution in [3.05, 3.63) is 33.9 Å². The van der Waals surface area contributed by atoms with Gasteiger partial charge in [-0.2, -0.15) is 0 Å². The van der Waals surface area contributed by atoms with Crippen molar-refractivity contribution in [3.8, 4) is 0 Å². The first kappa shape index (κ1) is 15.2. The molecule has 8 nitrogen and oxygen atoms in total. The van der Waals surface area contributed by atoms with E-state index in [2.05, 4.69) is 10.7 Å². The molecule has 2 atom stereocenters. The highest BCUT2D eigenvalue weighted by molar-refractivity contribution is 5.96. The van der Waals surface area contributed by atoms with Crippen LogP contribution in [-0.4, -0.2) is 30.1 Å². The number of nitrogens with one attached hydrogen (secondary N) is 2. The van der Waals surface area contributed by atoms with E-state index in [-0.39, 0.29) is 29.4 Å². The number of methoxy groups -OCH3 is 1. The molecule has 4 N–H and O–H groups in total. The summed E-state index contributed by atoms with van der Waals surface area (Å²) >= 11 is 0. The lowest BCUT2D eigenvalue weighted by molar-refractivity contribution is -0.384. The van der Waals surface area contributed by atoms with Gasteiger partial charge in [-0.05, 0) is 31.4 Å². The molecule has 1 aromatic rings. The van der Waals surface area contributed by atoms with Crippen LogP contribution >= 0.6 is 0 Å². The number of rotatable bonds is 5. The first-order chi connectivity index (χ1) is 10.1. The van der Waals surface area contributed by atoms with Crippen molar-refractivity contribution in [2.45, 2.75) is 31.4 Å². The average molecular weight is 294 g/mol. The van der Waals surface area contributed by atoms with Gasteiger partial charge in [0, 0.05) is 18.7 Å². The second kappa shape index (κ2) is 6.51. The van der Waals surface area contributed by atoms with E-state index in [0.29, 0.717) is 5.56 Å². The number of benzene rings is 1. The topological polar surface area (TPSA) is 120 Å². The molecule has 1 amide bonds. The van der Waals surface area contributed by atoms with Crippen LogP contribution in [0.25, 0.3) is 0 Å².